The van der Waals surface area contributed by atoms with Crippen LogP contribution < -0.4 is 0 Å². The van der Waals surface area contributed by atoms with Crippen molar-refractivity contribution in [3.8, 4) is 0 Å². The Morgan fingerprint density at radius 1 is 0.0530 bits per heavy atom. The van der Waals surface area contributed by atoms with Crippen molar-refractivity contribution in [3.63, 3.8) is 0 Å². The summed E-state index contributed by atoms with van der Waals surface area (Å²) in [5, 5.41) is 144. The van der Waals surface area contributed by atoms with Gasteiger partial charge in [0, 0.05) is 0 Å². The Hall–Kier alpha value is -17.2. The molecule has 0 N–H and O–H groups in total. The molecule has 0 fully saturated rings. The van der Waals surface area contributed by atoms with Crippen LogP contribution in [0.15, 0.2) is 206 Å². The summed E-state index contributed by atoms with van der Waals surface area (Å²) in [5.74, 6) is 0. The molecule has 0 saturated carbocycles. The van der Waals surface area contributed by atoms with Gasteiger partial charge < -0.3 is 0 Å². The quantitative estimate of drug-likeness (QED) is 0.105. The minimum absolute atomic E-state index is 1.38. The summed E-state index contributed by atoms with van der Waals surface area (Å²) < 4.78 is 0. The highest BCUT2D eigenvalue weighted by Crippen LogP contribution is 2.78. The maximum absolute atomic E-state index is 2.83. The second kappa shape index (κ2) is 15.0. The van der Waals surface area contributed by atoms with Gasteiger partial charge in [-0.3, -0.25) is 0 Å². The standard InChI is InChI=1S/C132H34/c1-9-35-39-13-5-21-47-59-33-60-48-22-6-14-40-36-10-3-19-45-53-27-31-57-58-32-28-54-46-20-4-12-38-42-16-8-24-50-62-34-61-49-23-7-15-41-37-11-2-18-44-52-26-30-56-55-29-25-51-43(17-1)63(35)83-87(67(39)47)101-79(59)91-80(60)102-88(68(40)48)85(65(36)45)95-73(53)77(57)99-100-78(58)74(54)96-86(66(38)46)90(70(42)50)104-82(62)92-81(61)103-89(69(41)49)84(64(37)44)94-72(52)76(56)98-97-75(55)71(51)93(83)107-111(97)123-124-112(98)108(94)116(103)121-106(92)122-118(104)110(96)114(100)126-125-113(99)109(95)117(102)120-105(91)119(115(101)107)127(123)131(129(120)125)132(128(121)124)130(122)126/h1-34H. The summed E-state index contributed by atoms with van der Waals surface area (Å²) >= 11 is 0. The molecule has 0 aliphatic rings. The Balaban J connectivity index is 0.884. The molecule has 0 nitrogen and oxygen atoms in total. The molecule has 0 aliphatic carbocycles. The second-order valence-electron chi connectivity index (χ2n) is 43.7. The highest BCUT2D eigenvalue weighted by atomic mass is 14.5. The van der Waals surface area contributed by atoms with Crippen LogP contribution in [0.3, 0.4) is 0 Å². The zero-order valence-corrected chi connectivity index (χ0v) is 68.6. The first-order valence-corrected chi connectivity index (χ1v) is 48.0. The zero-order chi connectivity index (χ0) is 80.6. The molecule has 132 heavy (non-hydrogen) atoms. The van der Waals surface area contributed by atoms with Gasteiger partial charge in [-0.05, 0) is 540 Å². The molecule has 562 valence electrons. The lowest BCUT2D eigenvalue weighted by Crippen LogP contribution is -2.09. The fraction of sp³-hybridized carbons (Fsp3) is 0. The highest BCUT2D eigenvalue weighted by molar-refractivity contribution is 6.81. The summed E-state index contributed by atoms with van der Waals surface area (Å²) in [4.78, 5) is 0. The van der Waals surface area contributed by atoms with E-state index in [0.29, 0.717) is 0 Å². The third kappa shape index (κ3) is 4.04. The Labute approximate surface area is 728 Å². The molecule has 0 amide bonds. The largest absolute Gasteiger partial charge is 0.0610 e. The van der Waals surface area contributed by atoms with E-state index in [1.807, 2.05) is 0 Å². The molecule has 0 atom stereocenters. The van der Waals surface area contributed by atoms with Gasteiger partial charge in [0.2, 0.25) is 0 Å². The topological polar surface area (TPSA) is 0 Å². The average Bonchev–Trinajstić information content (AvgIpc) is 0.597. The molecule has 0 saturated heterocycles. The molecule has 0 unspecified atom stereocenters. The summed E-state index contributed by atoms with van der Waals surface area (Å²) in [7, 11) is 0. The van der Waals surface area contributed by atoms with Crippen LogP contribution in [0, 0.1) is 0 Å². The molecular formula is C132H34. The first kappa shape index (κ1) is 55.4. The van der Waals surface area contributed by atoms with Gasteiger partial charge in [-0.15, -0.1) is 0 Å². The molecule has 0 radical (unpaired) electrons. The van der Waals surface area contributed by atoms with Crippen LogP contribution in [0.5, 0.6) is 0 Å². The summed E-state index contributed by atoms with van der Waals surface area (Å²) in [6, 6.07) is 87.2. The van der Waals surface area contributed by atoms with E-state index in [2.05, 4.69) is 206 Å². The van der Waals surface area contributed by atoms with Crippen molar-refractivity contribution in [1.29, 1.82) is 0 Å². The fourth-order valence-corrected chi connectivity index (χ4v) is 38.2. The third-order valence-corrected chi connectivity index (χ3v) is 40.8. The molecule has 0 aliphatic heterocycles. The maximum atomic E-state index is 2.83. The van der Waals surface area contributed by atoms with Crippen molar-refractivity contribution in [2.45, 2.75) is 0 Å². The molecule has 0 heteroatoms. The van der Waals surface area contributed by atoms with Crippen LogP contribution in [0.25, 0.3) is 528 Å². The van der Waals surface area contributed by atoms with Crippen LogP contribution in [0.2, 0.25) is 0 Å². The maximum Gasteiger partial charge on any atom is -0.000000000000162 e. The van der Waals surface area contributed by atoms with Gasteiger partial charge in [-0.2, -0.15) is 0 Å². The van der Waals surface area contributed by atoms with Gasteiger partial charge in [-0.1, -0.05) is 194 Å². The van der Waals surface area contributed by atoms with Crippen molar-refractivity contribution in [1.82, 2.24) is 0 Å². The predicted octanol–water partition coefficient (Wildman–Crippen LogP) is 38.5. The molecule has 0 spiro atoms. The van der Waals surface area contributed by atoms with E-state index in [9.17, 15) is 0 Å². The number of hydrogen-bond acceptors (Lipinski definition) is 0. The zero-order valence-electron chi connectivity index (χ0n) is 68.6. The average molecular weight is 1620 g/mol. The van der Waals surface area contributed by atoms with Gasteiger partial charge in [0.15, 0.2) is 0 Å². The Morgan fingerprint density at radius 2 is 0.121 bits per heavy atom. The Bertz CT molecular complexity index is 13200. The van der Waals surface area contributed by atoms with Gasteiger partial charge in [-0.25, -0.2) is 0 Å². The second-order valence-corrected chi connectivity index (χ2v) is 43.7. The first-order chi connectivity index (χ1) is 65.8. The molecule has 50 rings (SSSR count). The van der Waals surface area contributed by atoms with Gasteiger partial charge in [0.05, 0.1) is 0 Å². The predicted molar refractivity (Wildman–Crippen MR) is 576 cm³/mol. The molecule has 0 heterocycles. The third-order valence-electron chi connectivity index (χ3n) is 40.8. The first-order valence-electron chi connectivity index (χ1n) is 48.0. The van der Waals surface area contributed by atoms with Crippen LogP contribution >= 0.6 is 0 Å². The molecular weight excluding hydrogens is 1590 g/mol. The van der Waals surface area contributed by atoms with Gasteiger partial charge in [0.25, 0.3) is 0 Å². The Kier molecular flexibility index (Phi) is 6.30. The van der Waals surface area contributed by atoms with Crippen molar-refractivity contribution in [3.05, 3.63) is 206 Å². The lowest BCUT2D eigenvalue weighted by Gasteiger charge is -2.39. The van der Waals surface area contributed by atoms with E-state index < -0.39 is 0 Å². The van der Waals surface area contributed by atoms with Crippen molar-refractivity contribution < 1.29 is 0 Å². The van der Waals surface area contributed by atoms with E-state index in [0.717, 1.165) is 0 Å². The lowest BCUT2D eigenvalue weighted by molar-refractivity contribution is 1.83. The van der Waals surface area contributed by atoms with E-state index in [1.165, 1.54) is 474 Å². The van der Waals surface area contributed by atoms with E-state index >= 15 is 0 Å². The van der Waals surface area contributed by atoms with Crippen molar-refractivity contribution >= 4 is 528 Å². The normalized spacial score (nSPS) is 15.4. The Morgan fingerprint density at radius 3 is 0.235 bits per heavy atom. The monoisotopic (exact) mass is 1620 g/mol. The van der Waals surface area contributed by atoms with Crippen LogP contribution in [-0.2, 0) is 0 Å². The molecule has 0 aromatic heterocycles. The van der Waals surface area contributed by atoms with Crippen LogP contribution in [0.4, 0.5) is 0 Å². The molecule has 50 aromatic carbocycles. The smallest absolute Gasteiger partial charge is 0.000000000000162 e. The lowest BCUT2D eigenvalue weighted by atomic mass is 9.63. The van der Waals surface area contributed by atoms with Crippen molar-refractivity contribution in [2.24, 2.45) is 0 Å². The van der Waals surface area contributed by atoms with Gasteiger partial charge in [0.1, 0.15) is 0 Å². The van der Waals surface area contributed by atoms with E-state index in [-0.39, 0.29) is 0 Å². The minimum atomic E-state index is 1.38. The minimum Gasteiger partial charge on any atom is -0.0610 e. The number of benzene rings is 50. The van der Waals surface area contributed by atoms with Gasteiger partial charge >= 0.3 is 0 Å². The number of fused-ring (bicyclic) bond motifs is 14. The fourth-order valence-electron chi connectivity index (χ4n) is 38.2. The highest BCUT2D eigenvalue weighted by Gasteiger charge is 2.48. The summed E-state index contributed by atoms with van der Waals surface area (Å²) in [5.41, 5.74) is 0. The van der Waals surface area contributed by atoms with E-state index in [4.69, 9.17) is 0 Å². The molecule has 50 aromatic rings. The number of rotatable bonds is 0. The van der Waals surface area contributed by atoms with E-state index in [1.54, 1.807) is 53.9 Å². The summed E-state index contributed by atoms with van der Waals surface area (Å²) in [6.07, 6.45) is 0. The van der Waals surface area contributed by atoms with Crippen molar-refractivity contribution in [2.75, 3.05) is 0 Å². The molecule has 0 bridgehead atoms. The van der Waals surface area contributed by atoms with Crippen LogP contribution in [-0.4, -0.2) is 0 Å². The summed E-state index contributed by atoms with van der Waals surface area (Å²) in [6.45, 7) is 0. The van der Waals surface area contributed by atoms with Crippen LogP contribution in [0.1, 0.15) is 0 Å². The SMILES string of the molecule is c1cc2c3cccc4c5cc6c7cccc8c9cccc%10c%11ccc%12c%13ccc%14c%15cccc%16c%17cccc%18c%19cc%20c%21cccc%22c%23cccc%24c%25ccc%26c%27ccc%28c(c1)c2c1c(c34)c2c5c3c6c4c(c87)c(c9%10)c5c%11c%12c6c7c%13c%14c8c(c%16%15)c(c%17%18)c9c%19c%10c%20c%11c(c%22%21)c(c%23%24)c%12c%25c%26c%13c%14c%27c%28c1c1c2c2c3c3c4c5c6c4c5c7c8c9c6c%10c7c%11c%12c%13c8c(c%141)c2c(c34)c(c78)c65. The number of hydrogen-bond donors (Lipinski definition) is 0.